The van der Waals surface area contributed by atoms with Gasteiger partial charge in [0, 0.05) is 25.9 Å². The Morgan fingerprint density at radius 1 is 1.08 bits per heavy atom. The van der Waals surface area contributed by atoms with Crippen molar-refractivity contribution in [1.82, 2.24) is 0 Å². The number of benzene rings is 2. The zero-order valence-electron chi connectivity index (χ0n) is 13.5. The highest BCUT2D eigenvalue weighted by Gasteiger charge is 2.24. The molecule has 1 aliphatic heterocycles. The van der Waals surface area contributed by atoms with E-state index < -0.39 is 5.82 Å². The SMILES string of the molecule is CC(=O)c1c(F)cccc1N1CCC(Oc2ccc(F)cc2)CC1. The van der Waals surface area contributed by atoms with Gasteiger partial charge < -0.3 is 9.64 Å². The maximum atomic E-state index is 13.9. The number of halogens is 2. The molecule has 1 aliphatic rings. The zero-order valence-corrected chi connectivity index (χ0v) is 13.5. The molecule has 2 aromatic carbocycles. The highest BCUT2D eigenvalue weighted by atomic mass is 19.1. The van der Waals surface area contributed by atoms with Crippen LogP contribution in [-0.4, -0.2) is 25.0 Å². The van der Waals surface area contributed by atoms with Crippen LogP contribution in [0.15, 0.2) is 42.5 Å². The summed E-state index contributed by atoms with van der Waals surface area (Å²) in [6, 6.07) is 10.7. The normalized spacial score (nSPS) is 15.4. The molecule has 0 amide bonds. The molecule has 24 heavy (non-hydrogen) atoms. The Morgan fingerprint density at radius 2 is 1.75 bits per heavy atom. The van der Waals surface area contributed by atoms with Crippen molar-refractivity contribution in [3.63, 3.8) is 0 Å². The van der Waals surface area contributed by atoms with E-state index in [0.717, 1.165) is 12.8 Å². The largest absolute Gasteiger partial charge is 0.490 e. The first-order valence-corrected chi connectivity index (χ1v) is 8.01. The lowest BCUT2D eigenvalue weighted by Gasteiger charge is -2.34. The predicted molar refractivity (Wildman–Crippen MR) is 88.7 cm³/mol. The monoisotopic (exact) mass is 331 g/mol. The van der Waals surface area contributed by atoms with Crippen molar-refractivity contribution in [3.8, 4) is 5.75 Å². The van der Waals surface area contributed by atoms with Gasteiger partial charge >= 0.3 is 0 Å². The van der Waals surface area contributed by atoms with Crippen LogP contribution in [0.5, 0.6) is 5.75 Å². The topological polar surface area (TPSA) is 29.5 Å². The van der Waals surface area contributed by atoms with Gasteiger partial charge in [-0.15, -0.1) is 0 Å². The van der Waals surface area contributed by atoms with Gasteiger partial charge in [0.05, 0.1) is 11.3 Å². The molecule has 0 radical (unpaired) electrons. The highest BCUT2D eigenvalue weighted by molar-refractivity contribution is 6.00. The molecule has 126 valence electrons. The lowest BCUT2D eigenvalue weighted by molar-refractivity contribution is 0.101. The molecular weight excluding hydrogens is 312 g/mol. The average molecular weight is 331 g/mol. The lowest BCUT2D eigenvalue weighted by Crippen LogP contribution is -2.39. The molecule has 3 rings (SSSR count). The first kappa shape index (κ1) is 16.4. The summed E-state index contributed by atoms with van der Waals surface area (Å²) in [6.45, 7) is 2.73. The number of rotatable bonds is 4. The minimum absolute atomic E-state index is 0.0287. The molecule has 0 bridgehead atoms. The Hall–Kier alpha value is -2.43. The van der Waals surface area contributed by atoms with Crippen LogP contribution in [0.1, 0.15) is 30.1 Å². The molecule has 0 aromatic heterocycles. The van der Waals surface area contributed by atoms with Crippen molar-refractivity contribution in [2.24, 2.45) is 0 Å². The fourth-order valence-corrected chi connectivity index (χ4v) is 3.04. The second-order valence-electron chi connectivity index (χ2n) is 5.95. The molecule has 1 saturated heterocycles. The summed E-state index contributed by atoms with van der Waals surface area (Å²) >= 11 is 0. The number of carbonyl (C=O) groups excluding carboxylic acids is 1. The fraction of sp³-hybridized carbons (Fsp3) is 0.316. The summed E-state index contributed by atoms with van der Waals surface area (Å²) in [4.78, 5) is 13.8. The third-order valence-electron chi connectivity index (χ3n) is 4.24. The third-order valence-corrected chi connectivity index (χ3v) is 4.24. The quantitative estimate of drug-likeness (QED) is 0.786. The molecule has 0 N–H and O–H groups in total. The maximum absolute atomic E-state index is 13.9. The van der Waals surface area contributed by atoms with Gasteiger partial charge in [0.15, 0.2) is 5.78 Å². The molecule has 1 fully saturated rings. The summed E-state index contributed by atoms with van der Waals surface area (Å²) in [5.41, 5.74) is 0.790. The van der Waals surface area contributed by atoms with Gasteiger partial charge in [-0.25, -0.2) is 8.78 Å². The summed E-state index contributed by atoms with van der Waals surface area (Å²) in [7, 11) is 0. The van der Waals surface area contributed by atoms with E-state index in [1.807, 2.05) is 4.90 Å². The maximum Gasteiger partial charge on any atom is 0.164 e. The highest BCUT2D eigenvalue weighted by Crippen LogP contribution is 2.28. The number of anilines is 1. The van der Waals surface area contributed by atoms with E-state index in [4.69, 9.17) is 4.74 Å². The van der Waals surface area contributed by atoms with Crippen molar-refractivity contribution >= 4 is 11.5 Å². The van der Waals surface area contributed by atoms with Crippen LogP contribution in [0.4, 0.5) is 14.5 Å². The van der Waals surface area contributed by atoms with E-state index in [9.17, 15) is 13.6 Å². The molecule has 0 atom stereocenters. The predicted octanol–water partition coefficient (Wildman–Crippen LogP) is 4.22. The molecular formula is C19H19F2NO2. The zero-order chi connectivity index (χ0) is 17.1. The number of hydrogen-bond acceptors (Lipinski definition) is 3. The molecule has 0 spiro atoms. The van der Waals surface area contributed by atoms with Gasteiger partial charge in [-0.2, -0.15) is 0 Å². The van der Waals surface area contributed by atoms with Gasteiger partial charge in [-0.3, -0.25) is 4.79 Å². The van der Waals surface area contributed by atoms with Gasteiger partial charge in [-0.05, 0) is 43.3 Å². The summed E-state index contributed by atoms with van der Waals surface area (Å²) in [5.74, 6) is -0.400. The number of hydrogen-bond donors (Lipinski definition) is 0. The molecule has 1 heterocycles. The van der Waals surface area contributed by atoms with Gasteiger partial charge in [-0.1, -0.05) is 6.07 Å². The van der Waals surface area contributed by atoms with E-state index >= 15 is 0 Å². The number of ketones is 1. The minimum Gasteiger partial charge on any atom is -0.490 e. The van der Waals surface area contributed by atoms with Crippen molar-refractivity contribution in [3.05, 3.63) is 59.7 Å². The van der Waals surface area contributed by atoms with Crippen molar-refractivity contribution in [2.45, 2.75) is 25.9 Å². The molecule has 0 aliphatic carbocycles. The summed E-state index contributed by atoms with van der Waals surface area (Å²) < 4.78 is 32.7. The Kier molecular flexibility index (Phi) is 4.79. The molecule has 0 unspecified atom stereocenters. The molecule has 2 aromatic rings. The van der Waals surface area contributed by atoms with Crippen LogP contribution in [0.25, 0.3) is 0 Å². The first-order valence-electron chi connectivity index (χ1n) is 8.01. The van der Waals surface area contributed by atoms with Gasteiger partial charge in [0.1, 0.15) is 23.5 Å². The molecule has 0 saturated carbocycles. The van der Waals surface area contributed by atoms with E-state index in [1.54, 1.807) is 24.3 Å². The van der Waals surface area contributed by atoms with Crippen molar-refractivity contribution in [1.29, 1.82) is 0 Å². The van der Waals surface area contributed by atoms with E-state index in [2.05, 4.69) is 0 Å². The van der Waals surface area contributed by atoms with Gasteiger partial charge in [0.25, 0.3) is 0 Å². The smallest absolute Gasteiger partial charge is 0.164 e. The Labute approximate surface area is 139 Å². The van der Waals surface area contributed by atoms with Crippen LogP contribution >= 0.6 is 0 Å². The van der Waals surface area contributed by atoms with E-state index in [0.29, 0.717) is 24.5 Å². The second-order valence-corrected chi connectivity index (χ2v) is 5.95. The van der Waals surface area contributed by atoms with Crippen molar-refractivity contribution in [2.75, 3.05) is 18.0 Å². The molecule has 3 nitrogen and oxygen atoms in total. The number of nitrogens with zero attached hydrogens (tertiary/aromatic N) is 1. The van der Waals surface area contributed by atoms with Crippen LogP contribution in [0.2, 0.25) is 0 Å². The number of piperidine rings is 1. The lowest BCUT2D eigenvalue weighted by atomic mass is 10.0. The van der Waals surface area contributed by atoms with Crippen LogP contribution in [0.3, 0.4) is 0 Å². The van der Waals surface area contributed by atoms with Crippen LogP contribution < -0.4 is 9.64 Å². The second kappa shape index (κ2) is 6.99. The minimum atomic E-state index is -0.482. The first-order chi connectivity index (χ1) is 11.5. The van der Waals surface area contributed by atoms with E-state index in [1.165, 1.54) is 25.1 Å². The average Bonchev–Trinajstić information content (AvgIpc) is 2.57. The Balaban J connectivity index is 1.66. The van der Waals surface area contributed by atoms with Crippen molar-refractivity contribution < 1.29 is 18.3 Å². The summed E-state index contributed by atoms with van der Waals surface area (Å²) in [6.07, 6.45) is 1.54. The Bertz CT molecular complexity index is 723. The molecule has 5 heteroatoms. The Morgan fingerprint density at radius 3 is 2.38 bits per heavy atom. The standard InChI is InChI=1S/C19H19F2NO2/c1-13(23)19-17(21)3-2-4-18(19)22-11-9-16(10-12-22)24-15-7-5-14(20)6-8-15/h2-8,16H,9-12H2,1H3. The third kappa shape index (κ3) is 3.55. The fourth-order valence-electron chi connectivity index (χ4n) is 3.04. The summed E-state index contributed by atoms with van der Waals surface area (Å²) in [5, 5.41) is 0. The number of ether oxygens (including phenoxy) is 1. The van der Waals surface area contributed by atoms with Crippen LogP contribution in [-0.2, 0) is 0 Å². The van der Waals surface area contributed by atoms with Crippen LogP contribution in [0, 0.1) is 11.6 Å². The van der Waals surface area contributed by atoms with Gasteiger partial charge in [0.2, 0.25) is 0 Å². The van der Waals surface area contributed by atoms with E-state index in [-0.39, 0.29) is 23.3 Å². The number of Topliss-reactive ketones (excluding diaryl/α,β-unsaturated/α-hetero) is 1. The number of carbonyl (C=O) groups is 1.